The second-order valence-electron chi connectivity index (χ2n) is 7.16. The van der Waals surface area contributed by atoms with E-state index < -0.39 is 0 Å². The first-order chi connectivity index (χ1) is 15.1. The fraction of sp³-hybridized carbons (Fsp3) is 0.130. The normalized spacial score (nSPS) is 18.4. The maximum atomic E-state index is 6.30. The van der Waals surface area contributed by atoms with Crippen LogP contribution in [-0.4, -0.2) is 15.0 Å². The van der Waals surface area contributed by atoms with Crippen molar-refractivity contribution in [2.75, 3.05) is 0 Å². The Kier molecular flexibility index (Phi) is 5.44. The Hall–Kier alpha value is -2.80. The molecule has 156 valence electrons. The SMILES string of the molecule is S=C1N[C@H](c2ccccn2)[C@H](c2ccc(-c3ccc(Cl)c(Cl)c3)o2)N1Cc1ccco1. The van der Waals surface area contributed by atoms with Gasteiger partial charge in [-0.25, -0.2) is 0 Å². The number of benzene rings is 1. The van der Waals surface area contributed by atoms with E-state index in [2.05, 4.69) is 15.2 Å². The highest BCUT2D eigenvalue weighted by Gasteiger charge is 2.42. The lowest BCUT2D eigenvalue weighted by Gasteiger charge is -2.25. The summed E-state index contributed by atoms with van der Waals surface area (Å²) >= 11 is 17.9. The van der Waals surface area contributed by atoms with Crippen LogP contribution in [0.2, 0.25) is 10.0 Å². The molecule has 2 atom stereocenters. The van der Waals surface area contributed by atoms with Crippen LogP contribution in [0, 0.1) is 0 Å². The quantitative estimate of drug-likeness (QED) is 0.340. The summed E-state index contributed by atoms with van der Waals surface area (Å²) < 4.78 is 11.9. The van der Waals surface area contributed by atoms with Gasteiger partial charge in [0.05, 0.1) is 34.6 Å². The van der Waals surface area contributed by atoms with Crippen LogP contribution in [0.3, 0.4) is 0 Å². The lowest BCUT2D eigenvalue weighted by molar-refractivity contribution is 0.253. The number of hydrogen-bond acceptors (Lipinski definition) is 4. The summed E-state index contributed by atoms with van der Waals surface area (Å²) in [6.45, 7) is 0.510. The van der Waals surface area contributed by atoms with Crippen LogP contribution < -0.4 is 5.32 Å². The molecule has 1 fully saturated rings. The highest BCUT2D eigenvalue weighted by Crippen LogP contribution is 2.41. The van der Waals surface area contributed by atoms with Crippen molar-refractivity contribution in [1.82, 2.24) is 15.2 Å². The maximum absolute atomic E-state index is 6.30. The number of halogens is 2. The molecule has 1 N–H and O–H groups in total. The molecule has 1 aliphatic heterocycles. The molecule has 5 nitrogen and oxygen atoms in total. The number of furan rings is 2. The molecule has 0 aliphatic carbocycles. The third-order valence-corrected chi connectivity index (χ3v) is 6.32. The molecule has 1 aromatic carbocycles. The summed E-state index contributed by atoms with van der Waals surface area (Å²) in [6, 6.07) is 18.6. The number of pyridine rings is 1. The topological polar surface area (TPSA) is 54.4 Å². The zero-order valence-electron chi connectivity index (χ0n) is 16.2. The van der Waals surface area contributed by atoms with Crippen molar-refractivity contribution in [3.8, 4) is 11.3 Å². The Morgan fingerprint density at radius 3 is 2.68 bits per heavy atom. The zero-order valence-corrected chi connectivity index (χ0v) is 18.5. The molecule has 0 amide bonds. The first kappa shape index (κ1) is 20.1. The number of rotatable bonds is 5. The fourth-order valence-electron chi connectivity index (χ4n) is 3.77. The summed E-state index contributed by atoms with van der Waals surface area (Å²) in [5.74, 6) is 2.27. The molecule has 5 rings (SSSR count). The summed E-state index contributed by atoms with van der Waals surface area (Å²) in [5.41, 5.74) is 1.73. The molecule has 0 radical (unpaired) electrons. The molecule has 0 saturated carbocycles. The Morgan fingerprint density at radius 2 is 1.94 bits per heavy atom. The van der Waals surface area contributed by atoms with Gasteiger partial charge in [0.2, 0.25) is 0 Å². The second-order valence-corrected chi connectivity index (χ2v) is 8.37. The van der Waals surface area contributed by atoms with Gasteiger partial charge in [0.15, 0.2) is 5.11 Å². The molecule has 4 heterocycles. The van der Waals surface area contributed by atoms with Gasteiger partial charge in [-0.2, -0.15) is 0 Å². The Morgan fingerprint density at radius 1 is 1.03 bits per heavy atom. The van der Waals surface area contributed by atoms with Gasteiger partial charge in [0, 0.05) is 11.8 Å². The van der Waals surface area contributed by atoms with Crippen LogP contribution in [0.1, 0.15) is 29.3 Å². The van der Waals surface area contributed by atoms with Crippen LogP contribution >= 0.6 is 35.4 Å². The number of hydrogen-bond donors (Lipinski definition) is 1. The molecule has 1 saturated heterocycles. The molecule has 8 heteroatoms. The van der Waals surface area contributed by atoms with Crippen molar-refractivity contribution in [2.24, 2.45) is 0 Å². The van der Waals surface area contributed by atoms with Gasteiger partial charge in [-0.05, 0) is 66.8 Å². The lowest BCUT2D eigenvalue weighted by atomic mass is 10.0. The summed E-state index contributed by atoms with van der Waals surface area (Å²) in [4.78, 5) is 6.60. The second kappa shape index (κ2) is 8.38. The van der Waals surface area contributed by atoms with Crippen LogP contribution in [0.25, 0.3) is 11.3 Å². The van der Waals surface area contributed by atoms with E-state index in [1.165, 1.54) is 0 Å². The van der Waals surface area contributed by atoms with Gasteiger partial charge >= 0.3 is 0 Å². The van der Waals surface area contributed by atoms with Crippen molar-refractivity contribution in [3.05, 3.63) is 100 Å². The predicted molar refractivity (Wildman–Crippen MR) is 124 cm³/mol. The average Bonchev–Trinajstić information content (AvgIpc) is 3.52. The number of nitrogens with zero attached hydrogens (tertiary/aromatic N) is 2. The van der Waals surface area contributed by atoms with Crippen molar-refractivity contribution in [2.45, 2.75) is 18.6 Å². The standard InChI is InChI=1S/C23H17Cl2N3O2S/c24-16-7-6-14(12-17(16)25)19-8-9-20(30-19)22-21(18-5-1-2-10-26-18)27-23(31)28(22)13-15-4-3-11-29-15/h1-12,21-22H,13H2,(H,27,31)/t21-,22+/m1/s1. The minimum absolute atomic E-state index is 0.170. The number of aromatic nitrogens is 1. The van der Waals surface area contributed by atoms with E-state index in [0.29, 0.717) is 27.5 Å². The van der Waals surface area contributed by atoms with E-state index in [0.717, 1.165) is 22.8 Å². The highest BCUT2D eigenvalue weighted by molar-refractivity contribution is 7.80. The van der Waals surface area contributed by atoms with Gasteiger partial charge in [0.25, 0.3) is 0 Å². The maximum Gasteiger partial charge on any atom is 0.170 e. The molecule has 3 aromatic heterocycles. The third-order valence-electron chi connectivity index (χ3n) is 5.23. The first-order valence-corrected chi connectivity index (χ1v) is 10.8. The highest BCUT2D eigenvalue weighted by atomic mass is 35.5. The van der Waals surface area contributed by atoms with Crippen LogP contribution in [0.5, 0.6) is 0 Å². The number of nitrogens with one attached hydrogen (secondary N) is 1. The van der Waals surface area contributed by atoms with E-state index in [9.17, 15) is 0 Å². The molecular formula is C23H17Cl2N3O2S. The summed E-state index contributed by atoms with van der Waals surface area (Å²) in [5, 5.41) is 5.00. The smallest absolute Gasteiger partial charge is 0.170 e. The largest absolute Gasteiger partial charge is 0.467 e. The monoisotopic (exact) mass is 469 g/mol. The molecule has 1 aliphatic rings. The molecule has 31 heavy (non-hydrogen) atoms. The van der Waals surface area contributed by atoms with Crippen LogP contribution in [0.4, 0.5) is 0 Å². The van der Waals surface area contributed by atoms with Gasteiger partial charge in [0.1, 0.15) is 23.3 Å². The van der Waals surface area contributed by atoms with E-state index in [-0.39, 0.29) is 12.1 Å². The van der Waals surface area contributed by atoms with Crippen molar-refractivity contribution in [3.63, 3.8) is 0 Å². The number of thiocarbonyl (C=S) groups is 1. The Bertz CT molecular complexity index is 1210. The lowest BCUT2D eigenvalue weighted by Crippen LogP contribution is -2.28. The van der Waals surface area contributed by atoms with E-state index in [1.807, 2.05) is 48.5 Å². The van der Waals surface area contributed by atoms with Crippen molar-refractivity contribution in [1.29, 1.82) is 0 Å². The van der Waals surface area contributed by atoms with Crippen molar-refractivity contribution >= 4 is 40.5 Å². The Labute approximate surface area is 194 Å². The zero-order chi connectivity index (χ0) is 21.4. The van der Waals surface area contributed by atoms with Gasteiger partial charge in [-0.15, -0.1) is 0 Å². The van der Waals surface area contributed by atoms with E-state index in [1.54, 1.807) is 24.6 Å². The Balaban J connectivity index is 1.54. The van der Waals surface area contributed by atoms with Gasteiger partial charge < -0.3 is 19.1 Å². The minimum Gasteiger partial charge on any atom is -0.467 e. The third kappa shape index (κ3) is 3.94. The van der Waals surface area contributed by atoms with E-state index >= 15 is 0 Å². The molecule has 0 unspecified atom stereocenters. The first-order valence-electron chi connectivity index (χ1n) is 9.66. The van der Waals surface area contributed by atoms with Crippen molar-refractivity contribution < 1.29 is 8.83 Å². The molecule has 4 aromatic rings. The minimum atomic E-state index is -0.205. The van der Waals surface area contributed by atoms with E-state index in [4.69, 9.17) is 44.3 Å². The van der Waals surface area contributed by atoms with Gasteiger partial charge in [-0.3, -0.25) is 4.98 Å². The van der Waals surface area contributed by atoms with Gasteiger partial charge in [-0.1, -0.05) is 29.3 Å². The molecular weight excluding hydrogens is 453 g/mol. The molecule has 0 spiro atoms. The molecule has 0 bridgehead atoms. The predicted octanol–water partition coefficient (Wildman–Crippen LogP) is 6.41. The summed E-state index contributed by atoms with van der Waals surface area (Å²) in [6.07, 6.45) is 3.43. The fourth-order valence-corrected chi connectivity index (χ4v) is 4.37. The van der Waals surface area contributed by atoms with Crippen LogP contribution in [0.15, 0.2) is 82.0 Å². The summed E-state index contributed by atoms with van der Waals surface area (Å²) in [7, 11) is 0. The average molecular weight is 470 g/mol. The van der Waals surface area contributed by atoms with Crippen LogP contribution in [-0.2, 0) is 6.54 Å².